The molecule has 0 amide bonds. The van der Waals surface area contributed by atoms with Crippen molar-refractivity contribution >= 4 is 0 Å². The first-order valence-corrected chi connectivity index (χ1v) is 7.00. The van der Waals surface area contributed by atoms with Crippen LogP contribution in [-0.2, 0) is 0 Å². The van der Waals surface area contributed by atoms with Gasteiger partial charge in [0.15, 0.2) is 0 Å². The Kier molecular flexibility index (Phi) is 7.30. The normalized spacial score (nSPS) is 28.2. The number of halogens is 2. The summed E-state index contributed by atoms with van der Waals surface area (Å²) >= 11 is 0. The molecular weight excluding hydrogens is 234 g/mol. The number of rotatable bonds is 3. The fraction of sp³-hybridized carbons (Fsp3) is 1.00. The molecule has 1 fully saturated rings. The molecular formula is C14H30F2N2. The number of likely N-dealkylation sites (N-methyl/N-ethyl adjacent to an activating group) is 2. The van der Waals surface area contributed by atoms with Crippen LogP contribution in [0.2, 0.25) is 0 Å². The zero-order chi connectivity index (χ0) is 14.5. The number of hydrogen-bond donors (Lipinski definition) is 0. The van der Waals surface area contributed by atoms with Gasteiger partial charge in [-0.05, 0) is 33.5 Å². The number of hydrogen-bond acceptors (Lipinski definition) is 2. The van der Waals surface area contributed by atoms with Gasteiger partial charge in [-0.1, -0.05) is 27.7 Å². The average molecular weight is 264 g/mol. The van der Waals surface area contributed by atoms with Gasteiger partial charge in [-0.3, -0.25) is 4.90 Å². The van der Waals surface area contributed by atoms with Gasteiger partial charge in [0.1, 0.15) is 0 Å². The lowest BCUT2D eigenvalue weighted by Gasteiger charge is -2.46. The Hall–Kier alpha value is -0.220. The molecule has 0 radical (unpaired) electrons. The van der Waals surface area contributed by atoms with Crippen molar-refractivity contribution in [1.29, 1.82) is 0 Å². The van der Waals surface area contributed by atoms with Crippen LogP contribution in [0, 0.1) is 5.92 Å². The van der Waals surface area contributed by atoms with Gasteiger partial charge in [0.2, 0.25) is 0 Å². The maximum absolute atomic E-state index is 13.8. The van der Waals surface area contributed by atoms with Gasteiger partial charge >= 0.3 is 0 Å². The summed E-state index contributed by atoms with van der Waals surface area (Å²) in [5, 5.41) is 0. The van der Waals surface area contributed by atoms with Gasteiger partial charge in [-0.2, -0.15) is 0 Å². The van der Waals surface area contributed by atoms with Crippen molar-refractivity contribution in [2.24, 2.45) is 5.92 Å². The minimum Gasteiger partial charge on any atom is -0.308 e. The lowest BCUT2D eigenvalue weighted by atomic mass is 9.86. The Morgan fingerprint density at radius 2 is 1.78 bits per heavy atom. The Balaban J connectivity index is 0.00000137. The van der Waals surface area contributed by atoms with E-state index in [1.54, 1.807) is 0 Å². The molecule has 2 nitrogen and oxygen atoms in total. The first-order chi connectivity index (χ1) is 8.25. The predicted octanol–water partition coefficient (Wildman–Crippen LogP) is 3.33. The molecule has 1 saturated heterocycles. The Morgan fingerprint density at radius 1 is 1.28 bits per heavy atom. The molecule has 2 unspecified atom stereocenters. The van der Waals surface area contributed by atoms with Gasteiger partial charge in [0.25, 0.3) is 5.92 Å². The van der Waals surface area contributed by atoms with Crippen molar-refractivity contribution in [2.75, 3.05) is 27.7 Å². The van der Waals surface area contributed by atoms with Gasteiger partial charge in [-0.25, -0.2) is 8.78 Å². The minimum atomic E-state index is -2.54. The van der Waals surface area contributed by atoms with Crippen molar-refractivity contribution < 1.29 is 8.78 Å². The van der Waals surface area contributed by atoms with E-state index in [2.05, 4.69) is 4.90 Å². The van der Waals surface area contributed by atoms with Crippen molar-refractivity contribution in [1.82, 2.24) is 9.80 Å². The minimum absolute atomic E-state index is 0.00929. The zero-order valence-electron chi connectivity index (χ0n) is 13.0. The van der Waals surface area contributed by atoms with Gasteiger partial charge < -0.3 is 4.90 Å². The molecule has 2 atom stereocenters. The van der Waals surface area contributed by atoms with Gasteiger partial charge in [0.05, 0.1) is 6.04 Å². The summed E-state index contributed by atoms with van der Waals surface area (Å²) in [5.74, 6) is -2.55. The molecule has 0 spiro atoms. The second-order valence-corrected chi connectivity index (χ2v) is 5.57. The van der Waals surface area contributed by atoms with Crippen molar-refractivity contribution in [3.63, 3.8) is 0 Å². The quantitative estimate of drug-likeness (QED) is 0.771. The van der Waals surface area contributed by atoms with E-state index < -0.39 is 12.0 Å². The first-order valence-electron chi connectivity index (χ1n) is 7.00. The van der Waals surface area contributed by atoms with Crippen molar-refractivity contribution in [2.45, 2.75) is 58.5 Å². The van der Waals surface area contributed by atoms with E-state index in [0.717, 1.165) is 6.54 Å². The second-order valence-electron chi connectivity index (χ2n) is 5.57. The Bertz CT molecular complexity index is 230. The van der Waals surface area contributed by atoms with Gasteiger partial charge in [0, 0.05) is 19.0 Å². The molecule has 1 aliphatic rings. The van der Waals surface area contributed by atoms with Crippen LogP contribution in [-0.4, -0.2) is 55.5 Å². The van der Waals surface area contributed by atoms with E-state index in [-0.39, 0.29) is 18.4 Å². The molecule has 1 rings (SSSR count). The second kappa shape index (κ2) is 7.39. The monoisotopic (exact) mass is 264 g/mol. The summed E-state index contributed by atoms with van der Waals surface area (Å²) in [6, 6.07) is -0.367. The lowest BCUT2D eigenvalue weighted by Crippen LogP contribution is -2.59. The number of alkyl halides is 2. The van der Waals surface area contributed by atoms with Crippen LogP contribution in [0.4, 0.5) is 8.78 Å². The molecule has 18 heavy (non-hydrogen) atoms. The van der Waals surface area contributed by atoms with Crippen LogP contribution in [0.25, 0.3) is 0 Å². The zero-order valence-corrected chi connectivity index (χ0v) is 13.0. The molecule has 1 aliphatic heterocycles. The maximum atomic E-state index is 13.8. The Morgan fingerprint density at radius 3 is 2.17 bits per heavy atom. The smallest absolute Gasteiger partial charge is 0.263 e. The first kappa shape index (κ1) is 17.8. The highest BCUT2D eigenvalue weighted by Crippen LogP contribution is 2.38. The summed E-state index contributed by atoms with van der Waals surface area (Å²) in [5.41, 5.74) is 0. The van der Waals surface area contributed by atoms with Crippen molar-refractivity contribution in [3.05, 3.63) is 0 Å². The number of piperidine rings is 1. The molecule has 0 aromatic rings. The summed E-state index contributed by atoms with van der Waals surface area (Å²) in [7, 11) is 5.82. The Labute approximate surface area is 111 Å². The van der Waals surface area contributed by atoms with E-state index in [1.165, 1.54) is 0 Å². The fourth-order valence-corrected chi connectivity index (χ4v) is 2.84. The number of nitrogens with zero attached hydrogens (tertiary/aromatic N) is 2. The molecule has 0 aromatic carbocycles. The topological polar surface area (TPSA) is 6.48 Å². The SMILES string of the molecule is CC.CC(C)C1N(C)C(CN(C)C)CCC1(F)F. The van der Waals surface area contributed by atoms with Crippen LogP contribution in [0.5, 0.6) is 0 Å². The van der Waals surface area contributed by atoms with E-state index in [1.807, 2.05) is 53.7 Å². The predicted molar refractivity (Wildman–Crippen MR) is 74.3 cm³/mol. The number of likely N-dealkylation sites (tertiary alicyclic amines) is 1. The molecule has 0 aliphatic carbocycles. The summed E-state index contributed by atoms with van der Waals surface area (Å²) in [6.45, 7) is 8.62. The highest BCUT2D eigenvalue weighted by Gasteiger charge is 2.48. The molecule has 1 heterocycles. The molecule has 4 heteroatoms. The van der Waals surface area contributed by atoms with Crippen molar-refractivity contribution in [3.8, 4) is 0 Å². The van der Waals surface area contributed by atoms with E-state index in [9.17, 15) is 8.78 Å². The molecule has 0 saturated carbocycles. The largest absolute Gasteiger partial charge is 0.308 e. The van der Waals surface area contributed by atoms with Crippen LogP contribution < -0.4 is 0 Å². The summed E-state index contributed by atoms with van der Waals surface area (Å²) < 4.78 is 27.7. The third-order valence-corrected chi connectivity index (χ3v) is 3.47. The fourth-order valence-electron chi connectivity index (χ4n) is 2.84. The van der Waals surface area contributed by atoms with E-state index in [0.29, 0.717) is 6.42 Å². The summed E-state index contributed by atoms with van der Waals surface area (Å²) in [6.07, 6.45) is 0.615. The molecule has 0 aromatic heterocycles. The van der Waals surface area contributed by atoms with Crippen LogP contribution in [0.3, 0.4) is 0 Å². The maximum Gasteiger partial charge on any atom is 0.263 e. The highest BCUT2D eigenvalue weighted by atomic mass is 19.3. The standard InChI is InChI=1S/C12H24F2N2.C2H6/c1-9(2)11-12(13,14)7-6-10(16(11)5)8-15(3)4;1-2/h9-11H,6-8H2,1-5H3;1-2H3. The van der Waals surface area contributed by atoms with Crippen LogP contribution in [0.15, 0.2) is 0 Å². The molecule has 0 N–H and O–H groups in total. The third kappa shape index (κ3) is 4.47. The van der Waals surface area contributed by atoms with Crippen LogP contribution in [0.1, 0.15) is 40.5 Å². The molecule has 110 valence electrons. The van der Waals surface area contributed by atoms with Gasteiger partial charge in [-0.15, -0.1) is 0 Å². The highest BCUT2D eigenvalue weighted by molar-refractivity contribution is 4.95. The third-order valence-electron chi connectivity index (χ3n) is 3.47. The summed E-state index contributed by atoms with van der Waals surface area (Å²) in [4.78, 5) is 3.95. The molecule has 0 bridgehead atoms. The van der Waals surface area contributed by atoms with Crippen LogP contribution >= 0.6 is 0 Å². The van der Waals surface area contributed by atoms with E-state index in [4.69, 9.17) is 0 Å². The lowest BCUT2D eigenvalue weighted by molar-refractivity contribution is -0.139. The average Bonchev–Trinajstić information content (AvgIpc) is 2.24. The van der Waals surface area contributed by atoms with E-state index >= 15 is 0 Å².